The molecule has 0 aliphatic carbocycles. The van der Waals surface area contributed by atoms with Crippen LogP contribution in [0.5, 0.6) is 0 Å². The second kappa shape index (κ2) is 4.20. The molecule has 0 fully saturated rings. The average Bonchev–Trinajstić information content (AvgIpc) is 2.48. The Hall–Kier alpha value is 0.930. The van der Waals surface area contributed by atoms with E-state index in [0.717, 1.165) is 0 Å². The van der Waals surface area contributed by atoms with E-state index in [1.165, 1.54) is 22.1 Å². The third-order valence-electron chi connectivity index (χ3n) is 1.83. The van der Waals surface area contributed by atoms with Gasteiger partial charge in [-0.3, -0.25) is 0 Å². The summed E-state index contributed by atoms with van der Waals surface area (Å²) in [5.41, 5.74) is 1.24. The SMILES string of the molecule is ClCc1ccc(I)c2cc(I)sc12. The van der Waals surface area contributed by atoms with E-state index in [2.05, 4.69) is 63.4 Å². The van der Waals surface area contributed by atoms with Crippen molar-refractivity contribution in [2.24, 2.45) is 0 Å². The van der Waals surface area contributed by atoms with Crippen molar-refractivity contribution >= 4 is 78.2 Å². The molecule has 2 rings (SSSR count). The number of hydrogen-bond donors (Lipinski definition) is 0. The van der Waals surface area contributed by atoms with Crippen LogP contribution in [-0.2, 0) is 5.88 Å². The van der Waals surface area contributed by atoms with E-state index >= 15 is 0 Å². The van der Waals surface area contributed by atoms with Crippen LogP contribution in [0.4, 0.5) is 0 Å². The van der Waals surface area contributed by atoms with Gasteiger partial charge in [-0.15, -0.1) is 22.9 Å². The van der Waals surface area contributed by atoms with Gasteiger partial charge in [-0.1, -0.05) is 6.07 Å². The third-order valence-corrected chi connectivity index (χ3v) is 5.03. The van der Waals surface area contributed by atoms with Crippen molar-refractivity contribution in [3.05, 3.63) is 30.2 Å². The van der Waals surface area contributed by atoms with E-state index in [9.17, 15) is 0 Å². The molecule has 0 spiro atoms. The summed E-state index contributed by atoms with van der Waals surface area (Å²) in [7, 11) is 0. The highest BCUT2D eigenvalue weighted by atomic mass is 127. The van der Waals surface area contributed by atoms with Crippen molar-refractivity contribution in [2.45, 2.75) is 5.88 Å². The number of alkyl halides is 1. The molecule has 1 aromatic carbocycles. The number of rotatable bonds is 1. The Morgan fingerprint density at radius 1 is 1.31 bits per heavy atom. The van der Waals surface area contributed by atoms with Crippen molar-refractivity contribution in [1.82, 2.24) is 0 Å². The van der Waals surface area contributed by atoms with Crippen LogP contribution in [0.2, 0.25) is 0 Å². The molecule has 0 radical (unpaired) electrons. The number of hydrogen-bond acceptors (Lipinski definition) is 1. The summed E-state index contributed by atoms with van der Waals surface area (Å²) in [6.45, 7) is 0. The second-order valence-corrected chi connectivity index (χ2v) is 7.01. The summed E-state index contributed by atoms with van der Waals surface area (Å²) in [5.74, 6) is 0.601. The summed E-state index contributed by atoms with van der Waals surface area (Å²) < 4.78 is 3.97. The fraction of sp³-hybridized carbons (Fsp3) is 0.111. The third kappa shape index (κ3) is 1.98. The topological polar surface area (TPSA) is 0 Å². The number of thiophene rings is 1. The summed E-state index contributed by atoms with van der Waals surface area (Å²) in [5, 5.41) is 1.34. The van der Waals surface area contributed by atoms with E-state index in [-0.39, 0.29) is 0 Å². The molecule has 2 aromatic rings. The van der Waals surface area contributed by atoms with E-state index in [1.54, 1.807) is 0 Å². The molecule has 13 heavy (non-hydrogen) atoms. The first-order chi connectivity index (χ1) is 6.22. The lowest BCUT2D eigenvalue weighted by Gasteiger charge is -1.98. The van der Waals surface area contributed by atoms with E-state index in [4.69, 9.17) is 11.6 Å². The minimum absolute atomic E-state index is 0.601. The zero-order valence-corrected chi connectivity index (χ0v) is 12.4. The van der Waals surface area contributed by atoms with Gasteiger partial charge in [-0.25, -0.2) is 0 Å². The van der Waals surface area contributed by atoms with Gasteiger partial charge in [0.25, 0.3) is 0 Å². The van der Waals surface area contributed by atoms with Crippen LogP contribution in [0, 0.1) is 6.45 Å². The Kier molecular flexibility index (Phi) is 3.38. The lowest BCUT2D eigenvalue weighted by atomic mass is 10.2. The highest BCUT2D eigenvalue weighted by molar-refractivity contribution is 14.1. The Labute approximate surface area is 113 Å². The van der Waals surface area contributed by atoms with Gasteiger partial charge >= 0.3 is 0 Å². The van der Waals surface area contributed by atoms with Crippen LogP contribution >= 0.6 is 68.1 Å². The molecule has 0 unspecified atom stereocenters. The Bertz CT molecular complexity index is 450. The number of halogens is 3. The number of fused-ring (bicyclic) bond motifs is 1. The lowest BCUT2D eigenvalue weighted by Crippen LogP contribution is -1.79. The Balaban J connectivity index is 2.83. The van der Waals surface area contributed by atoms with Crippen molar-refractivity contribution in [1.29, 1.82) is 0 Å². The molecule has 1 heterocycles. The molecular weight excluding hydrogens is 429 g/mol. The van der Waals surface area contributed by atoms with Crippen LogP contribution in [0.3, 0.4) is 0 Å². The average molecular weight is 434 g/mol. The first-order valence-corrected chi connectivity index (χ1v) is 7.15. The maximum absolute atomic E-state index is 5.87. The summed E-state index contributed by atoms with van der Waals surface area (Å²) in [6, 6.07) is 6.46. The highest BCUT2D eigenvalue weighted by Crippen LogP contribution is 2.33. The molecule has 4 heteroatoms. The first kappa shape index (κ1) is 10.4. The molecule has 68 valence electrons. The summed E-state index contributed by atoms with van der Waals surface area (Å²) in [6.07, 6.45) is 0. The minimum atomic E-state index is 0.601. The molecule has 0 aliphatic rings. The zero-order valence-electron chi connectivity index (χ0n) is 6.48. The predicted octanol–water partition coefficient (Wildman–Crippen LogP) is 4.85. The smallest absolute Gasteiger partial charge is 0.0666 e. The summed E-state index contributed by atoms with van der Waals surface area (Å²) in [4.78, 5) is 0. The molecule has 0 saturated heterocycles. The standard InChI is InChI=1S/C9H5ClI2S/c10-4-5-1-2-7(11)6-3-8(12)13-9(5)6/h1-3H,4H2. The fourth-order valence-corrected chi connectivity index (χ4v) is 4.21. The minimum Gasteiger partial charge on any atom is -0.129 e. The maximum atomic E-state index is 5.87. The van der Waals surface area contributed by atoms with Crippen molar-refractivity contribution in [3.63, 3.8) is 0 Å². The number of benzene rings is 1. The molecule has 0 atom stereocenters. The zero-order chi connectivity index (χ0) is 9.42. The fourth-order valence-electron chi connectivity index (χ4n) is 1.22. The largest absolute Gasteiger partial charge is 0.129 e. The van der Waals surface area contributed by atoms with Crippen LogP contribution < -0.4 is 0 Å². The van der Waals surface area contributed by atoms with E-state index < -0.39 is 0 Å². The molecule has 0 bridgehead atoms. The highest BCUT2D eigenvalue weighted by Gasteiger charge is 2.07. The second-order valence-electron chi connectivity index (χ2n) is 2.63. The van der Waals surface area contributed by atoms with Crippen molar-refractivity contribution < 1.29 is 0 Å². The monoisotopic (exact) mass is 434 g/mol. The van der Waals surface area contributed by atoms with Crippen LogP contribution in [0.15, 0.2) is 18.2 Å². The van der Waals surface area contributed by atoms with Crippen molar-refractivity contribution in [3.8, 4) is 0 Å². The van der Waals surface area contributed by atoms with Gasteiger partial charge in [0, 0.05) is 19.5 Å². The van der Waals surface area contributed by atoms with Gasteiger partial charge in [-0.05, 0) is 62.9 Å². The quantitative estimate of drug-likeness (QED) is 0.445. The van der Waals surface area contributed by atoms with Crippen LogP contribution in [0.25, 0.3) is 10.1 Å². The van der Waals surface area contributed by atoms with Gasteiger partial charge < -0.3 is 0 Å². The molecule has 0 N–H and O–H groups in total. The molecule has 0 amide bonds. The Morgan fingerprint density at radius 2 is 2.08 bits per heavy atom. The van der Waals surface area contributed by atoms with Gasteiger partial charge in [0.2, 0.25) is 0 Å². The predicted molar refractivity (Wildman–Crippen MR) is 76.8 cm³/mol. The molecular formula is C9H5ClI2S. The van der Waals surface area contributed by atoms with Gasteiger partial charge in [0.05, 0.1) is 2.88 Å². The first-order valence-electron chi connectivity index (χ1n) is 3.65. The van der Waals surface area contributed by atoms with Crippen LogP contribution in [-0.4, -0.2) is 0 Å². The summed E-state index contributed by atoms with van der Waals surface area (Å²) >= 11 is 12.4. The Morgan fingerprint density at radius 3 is 2.77 bits per heavy atom. The van der Waals surface area contributed by atoms with Gasteiger partial charge in [-0.2, -0.15) is 0 Å². The molecule has 0 nitrogen and oxygen atoms in total. The van der Waals surface area contributed by atoms with Crippen molar-refractivity contribution in [2.75, 3.05) is 0 Å². The van der Waals surface area contributed by atoms with Gasteiger partial charge in [0.1, 0.15) is 0 Å². The van der Waals surface area contributed by atoms with Crippen LogP contribution in [0.1, 0.15) is 5.56 Å². The normalized spacial score (nSPS) is 11.0. The molecule has 0 saturated carbocycles. The maximum Gasteiger partial charge on any atom is 0.0666 e. The lowest BCUT2D eigenvalue weighted by molar-refractivity contribution is 1.46. The molecule has 0 aliphatic heterocycles. The van der Waals surface area contributed by atoms with E-state index in [0.29, 0.717) is 5.88 Å². The molecule has 1 aromatic heterocycles. The van der Waals surface area contributed by atoms with Gasteiger partial charge in [0.15, 0.2) is 0 Å². The van der Waals surface area contributed by atoms with E-state index in [1.807, 2.05) is 11.3 Å².